The van der Waals surface area contributed by atoms with Crippen molar-refractivity contribution in [3.63, 3.8) is 0 Å². The van der Waals surface area contributed by atoms with Crippen LogP contribution in [-0.2, 0) is 34.1 Å². The van der Waals surface area contributed by atoms with Crippen molar-refractivity contribution in [2.75, 3.05) is 32.9 Å². The number of hydrogen-bond acceptors (Lipinski definition) is 6. The van der Waals surface area contributed by atoms with Crippen LogP contribution in [0.3, 0.4) is 0 Å². The van der Waals surface area contributed by atoms with E-state index in [0.29, 0.717) is 24.6 Å². The molecular weight excluding hydrogens is 456 g/mol. The van der Waals surface area contributed by atoms with Gasteiger partial charge in [0.2, 0.25) is 0 Å². The summed E-state index contributed by atoms with van der Waals surface area (Å²) < 4.78 is 20.1. The van der Waals surface area contributed by atoms with Crippen LogP contribution >= 0.6 is 0 Å². The largest absolute Gasteiger partial charge is 0.381 e. The first-order valence-corrected chi connectivity index (χ1v) is 13.3. The van der Waals surface area contributed by atoms with Crippen molar-refractivity contribution >= 4 is 11.0 Å². The average Bonchev–Trinajstić information content (AvgIpc) is 3.44. The maximum atomic E-state index is 12.7. The van der Waals surface area contributed by atoms with E-state index in [9.17, 15) is 4.79 Å². The number of likely N-dealkylation sites (tertiary alicyclic amines) is 1. The Hall–Kier alpha value is -2.52. The number of H-pyrrole nitrogens is 1. The van der Waals surface area contributed by atoms with E-state index in [-0.39, 0.29) is 18.4 Å². The number of nitrogens with zero attached hydrogens (tertiary/aromatic N) is 3. The molecule has 1 aliphatic heterocycles. The van der Waals surface area contributed by atoms with Gasteiger partial charge in [-0.3, -0.25) is 9.69 Å². The van der Waals surface area contributed by atoms with Crippen molar-refractivity contribution in [3.05, 3.63) is 64.3 Å². The molecule has 2 aromatic heterocycles. The summed E-state index contributed by atoms with van der Waals surface area (Å²) in [6, 6.07) is 10.0. The highest BCUT2D eigenvalue weighted by Crippen LogP contribution is 2.25. The molecule has 1 N–H and O–H groups in total. The molecule has 0 spiro atoms. The first-order valence-electron chi connectivity index (χ1n) is 13.3. The van der Waals surface area contributed by atoms with Crippen LogP contribution in [0.1, 0.15) is 50.7 Å². The smallest absolute Gasteiger partial charge is 0.275 e. The molecule has 196 valence electrons. The zero-order valence-corrected chi connectivity index (χ0v) is 21.7. The highest BCUT2D eigenvalue weighted by molar-refractivity contribution is 5.78. The first kappa shape index (κ1) is 26.5. The summed E-state index contributed by atoms with van der Waals surface area (Å²) in [5.41, 5.74) is 3.25. The minimum atomic E-state index is -0.154. The van der Waals surface area contributed by atoms with Gasteiger partial charge in [0.15, 0.2) is 0 Å². The fourth-order valence-electron chi connectivity index (χ4n) is 4.77. The van der Waals surface area contributed by atoms with Crippen molar-refractivity contribution in [3.8, 4) is 0 Å². The van der Waals surface area contributed by atoms with Crippen LogP contribution in [0.2, 0.25) is 0 Å². The molecule has 8 heteroatoms. The Morgan fingerprint density at radius 3 is 2.67 bits per heavy atom. The topological polar surface area (TPSA) is 81.6 Å². The lowest BCUT2D eigenvalue weighted by Gasteiger charge is -2.19. The third-order valence-electron chi connectivity index (χ3n) is 6.73. The molecule has 1 fully saturated rings. The lowest BCUT2D eigenvalue weighted by atomic mass is 10.1. The predicted molar refractivity (Wildman–Crippen MR) is 141 cm³/mol. The molecular formula is C28H40N4O4. The quantitative estimate of drug-likeness (QED) is 0.316. The van der Waals surface area contributed by atoms with Gasteiger partial charge in [0.1, 0.15) is 17.8 Å². The third-order valence-corrected chi connectivity index (χ3v) is 6.73. The van der Waals surface area contributed by atoms with E-state index in [1.807, 2.05) is 41.1 Å². The molecule has 1 saturated heterocycles. The molecule has 1 unspecified atom stereocenters. The zero-order valence-electron chi connectivity index (χ0n) is 21.7. The van der Waals surface area contributed by atoms with E-state index in [4.69, 9.17) is 14.2 Å². The first-order chi connectivity index (χ1) is 17.7. The summed E-state index contributed by atoms with van der Waals surface area (Å²) in [4.78, 5) is 22.3. The fourth-order valence-corrected chi connectivity index (χ4v) is 4.77. The summed E-state index contributed by atoms with van der Waals surface area (Å²) in [6.45, 7) is 9.91. The van der Waals surface area contributed by atoms with Gasteiger partial charge in [-0.05, 0) is 18.4 Å². The highest BCUT2D eigenvalue weighted by Gasteiger charge is 2.34. The monoisotopic (exact) mass is 496 g/mol. The minimum absolute atomic E-state index is 0.154. The number of hydrogen-bond donors (Lipinski definition) is 1. The second kappa shape index (κ2) is 13.7. The van der Waals surface area contributed by atoms with Crippen LogP contribution in [-0.4, -0.2) is 58.4 Å². The fraction of sp³-hybridized carbons (Fsp3) is 0.571. The molecule has 3 aromatic rings. The third kappa shape index (κ3) is 7.03. The maximum Gasteiger partial charge on any atom is 0.275 e. The van der Waals surface area contributed by atoms with Crippen molar-refractivity contribution in [2.45, 2.75) is 65.5 Å². The number of benzene rings is 1. The number of aromatic nitrogens is 3. The van der Waals surface area contributed by atoms with Gasteiger partial charge in [-0.15, -0.1) is 0 Å². The van der Waals surface area contributed by atoms with Crippen LogP contribution < -0.4 is 5.56 Å². The maximum absolute atomic E-state index is 12.7. The van der Waals surface area contributed by atoms with Gasteiger partial charge < -0.3 is 23.8 Å². The van der Waals surface area contributed by atoms with Gasteiger partial charge in [-0.1, -0.05) is 57.0 Å². The van der Waals surface area contributed by atoms with E-state index in [1.165, 1.54) is 6.33 Å². The molecule has 2 atom stereocenters. The summed E-state index contributed by atoms with van der Waals surface area (Å²) in [6.07, 6.45) is 8.08. The lowest BCUT2D eigenvalue weighted by Crippen LogP contribution is -2.27. The normalized spacial score (nSPS) is 18.4. The Bertz CT molecular complexity index is 1110. The van der Waals surface area contributed by atoms with Crippen molar-refractivity contribution < 1.29 is 14.2 Å². The SMILES string of the molecule is CCCCOC[C@H]1CN(Cc2cn(COCc3ccccc3)c3c(=O)[nH]cnc23)CC1OCCCC. The van der Waals surface area contributed by atoms with Crippen molar-refractivity contribution in [1.82, 2.24) is 19.4 Å². The summed E-state index contributed by atoms with van der Waals surface area (Å²) in [5.74, 6) is 0.345. The molecule has 0 bridgehead atoms. The molecule has 0 amide bonds. The number of fused-ring (bicyclic) bond motifs is 1. The van der Waals surface area contributed by atoms with E-state index >= 15 is 0 Å². The number of rotatable bonds is 15. The predicted octanol–water partition coefficient (Wildman–Crippen LogP) is 4.33. The highest BCUT2D eigenvalue weighted by atomic mass is 16.5. The molecule has 0 radical (unpaired) electrons. The Kier molecular flexibility index (Phi) is 10.1. The van der Waals surface area contributed by atoms with E-state index in [1.54, 1.807) is 0 Å². The second-order valence-corrected chi connectivity index (χ2v) is 9.66. The van der Waals surface area contributed by atoms with Gasteiger partial charge in [0.05, 0.1) is 25.6 Å². The van der Waals surface area contributed by atoms with Gasteiger partial charge in [-0.25, -0.2) is 4.98 Å². The van der Waals surface area contributed by atoms with E-state index in [2.05, 4.69) is 28.7 Å². The number of ether oxygens (including phenoxy) is 3. The van der Waals surface area contributed by atoms with Gasteiger partial charge in [-0.2, -0.15) is 0 Å². The molecule has 0 saturated carbocycles. The van der Waals surface area contributed by atoms with Gasteiger partial charge in [0.25, 0.3) is 5.56 Å². The molecule has 1 aliphatic rings. The molecule has 0 aliphatic carbocycles. The zero-order chi connectivity index (χ0) is 25.2. The summed E-state index contributed by atoms with van der Waals surface area (Å²) in [5, 5.41) is 0. The summed E-state index contributed by atoms with van der Waals surface area (Å²) in [7, 11) is 0. The van der Waals surface area contributed by atoms with Crippen molar-refractivity contribution in [2.24, 2.45) is 5.92 Å². The lowest BCUT2D eigenvalue weighted by molar-refractivity contribution is -0.000185. The Labute approximate surface area is 213 Å². The Morgan fingerprint density at radius 1 is 1.06 bits per heavy atom. The molecule has 1 aromatic carbocycles. The van der Waals surface area contributed by atoms with Crippen molar-refractivity contribution in [1.29, 1.82) is 0 Å². The molecule has 4 rings (SSSR count). The van der Waals surface area contributed by atoms with E-state index < -0.39 is 0 Å². The van der Waals surface area contributed by atoms with Gasteiger partial charge >= 0.3 is 0 Å². The van der Waals surface area contributed by atoms with Crippen LogP contribution in [0.15, 0.2) is 47.7 Å². The summed E-state index contributed by atoms with van der Waals surface area (Å²) >= 11 is 0. The van der Waals surface area contributed by atoms with Crippen LogP contribution in [0, 0.1) is 5.92 Å². The number of aromatic amines is 1. The van der Waals surface area contributed by atoms with Crippen LogP contribution in [0.25, 0.3) is 11.0 Å². The second-order valence-electron chi connectivity index (χ2n) is 9.66. The van der Waals surface area contributed by atoms with E-state index in [0.717, 1.165) is 75.2 Å². The van der Waals surface area contributed by atoms with Crippen LogP contribution in [0.4, 0.5) is 0 Å². The number of unbranched alkanes of at least 4 members (excludes halogenated alkanes) is 2. The van der Waals surface area contributed by atoms with Crippen LogP contribution in [0.5, 0.6) is 0 Å². The molecule has 36 heavy (non-hydrogen) atoms. The molecule has 3 heterocycles. The average molecular weight is 497 g/mol. The minimum Gasteiger partial charge on any atom is -0.381 e. The number of nitrogens with one attached hydrogen (secondary N) is 1. The Balaban J connectivity index is 1.44. The Morgan fingerprint density at radius 2 is 1.86 bits per heavy atom. The van der Waals surface area contributed by atoms with Gasteiger partial charge in [0, 0.05) is 50.5 Å². The molecule has 8 nitrogen and oxygen atoms in total. The standard InChI is InChI=1S/C28H40N4O4/c1-3-5-12-34-19-24-15-31(17-25(24)36-13-6-4-2)14-23-16-32(27-26(23)29-20-30-28(27)33)21-35-18-22-10-8-7-9-11-22/h7-11,16,20,24-25H,3-6,12-15,17-19,21H2,1-2H3,(H,29,30,33)/t24-,25?/m1/s1.